The Kier molecular flexibility index (Phi) is 7.93. The van der Waals surface area contributed by atoms with Crippen LogP contribution in [-0.2, 0) is 13.0 Å². The molecule has 2 aromatic carbocycles. The number of amides is 1. The van der Waals surface area contributed by atoms with Crippen molar-refractivity contribution in [2.45, 2.75) is 25.4 Å². The molecule has 0 saturated carbocycles. The Labute approximate surface area is 256 Å². The second-order valence-electron chi connectivity index (χ2n) is 10.3. The summed E-state index contributed by atoms with van der Waals surface area (Å²) in [5.74, 6) is -0.429. The first-order chi connectivity index (χ1) is 21.8. The van der Waals surface area contributed by atoms with Gasteiger partial charge in [0.1, 0.15) is 17.1 Å². The third-order valence-electron chi connectivity index (χ3n) is 7.47. The van der Waals surface area contributed by atoms with Crippen molar-refractivity contribution in [3.8, 4) is 22.8 Å². The summed E-state index contributed by atoms with van der Waals surface area (Å²) < 4.78 is 14.7. The molecule has 0 saturated heterocycles. The maximum atomic E-state index is 13.0. The summed E-state index contributed by atoms with van der Waals surface area (Å²) in [5.41, 5.74) is 12.0. The molecule has 6 rings (SSSR count). The molecule has 1 atom stereocenters. The fourth-order valence-corrected chi connectivity index (χ4v) is 5.35. The highest BCUT2D eigenvalue weighted by molar-refractivity contribution is 6.16. The Morgan fingerprint density at radius 3 is 2.82 bits per heavy atom. The van der Waals surface area contributed by atoms with Gasteiger partial charge in [-0.05, 0) is 85.1 Å². The Morgan fingerprint density at radius 1 is 1.16 bits per heavy atom. The van der Waals surface area contributed by atoms with Crippen LogP contribution in [0.15, 0.2) is 89.4 Å². The molecule has 11 nitrogen and oxygen atoms in total. The number of nitrogen functional groups attached to an aromatic ring is 1. The number of carbonyl (C=O) groups is 2. The van der Waals surface area contributed by atoms with Crippen LogP contribution >= 0.6 is 0 Å². The number of aldehydes is 1. The molecular formula is C33H27FN8O3. The number of rotatable bonds is 9. The summed E-state index contributed by atoms with van der Waals surface area (Å²) in [6.07, 6.45) is 6.15. The topological polar surface area (TPSA) is 161 Å². The second kappa shape index (κ2) is 12.3. The second-order valence-corrected chi connectivity index (χ2v) is 10.3. The zero-order chi connectivity index (χ0) is 31.5. The number of aromatic nitrogens is 4. The highest BCUT2D eigenvalue weighted by Gasteiger charge is 2.26. The van der Waals surface area contributed by atoms with Crippen molar-refractivity contribution in [2.24, 2.45) is 9.98 Å². The molecule has 3 aromatic heterocycles. The number of halogens is 1. The van der Waals surface area contributed by atoms with Gasteiger partial charge in [-0.2, -0.15) is 4.39 Å². The van der Waals surface area contributed by atoms with E-state index < -0.39 is 5.95 Å². The van der Waals surface area contributed by atoms with Gasteiger partial charge in [0.25, 0.3) is 5.91 Å². The molecule has 5 aromatic rings. The van der Waals surface area contributed by atoms with E-state index in [0.717, 1.165) is 23.2 Å². The van der Waals surface area contributed by atoms with E-state index in [1.54, 1.807) is 12.3 Å². The average Bonchev–Trinajstić information content (AvgIpc) is 3.61. The van der Waals surface area contributed by atoms with Gasteiger partial charge in [0.05, 0.1) is 29.4 Å². The first kappa shape index (κ1) is 29.1. The molecule has 0 radical (unpaired) electrons. The molecule has 0 bridgehead atoms. The molecule has 224 valence electrons. The molecule has 4 N–H and O–H groups in total. The van der Waals surface area contributed by atoms with Crippen LogP contribution in [-0.4, -0.2) is 49.2 Å². The van der Waals surface area contributed by atoms with Crippen LogP contribution < -0.4 is 11.1 Å². The normalized spacial score (nSPS) is 14.3. The molecule has 1 aliphatic rings. The number of nitrogens with zero attached hydrogens (tertiary/aromatic N) is 6. The number of fused-ring (bicyclic) bond motifs is 2. The minimum atomic E-state index is -0.805. The van der Waals surface area contributed by atoms with Crippen LogP contribution in [0.25, 0.3) is 28.2 Å². The highest BCUT2D eigenvalue weighted by Crippen LogP contribution is 2.36. The lowest BCUT2D eigenvalue weighted by molar-refractivity contribution is 0.0936. The van der Waals surface area contributed by atoms with Gasteiger partial charge in [-0.25, -0.2) is 19.9 Å². The summed E-state index contributed by atoms with van der Waals surface area (Å²) in [6.45, 7) is 3.31. The first-order valence-electron chi connectivity index (χ1n) is 14.0. The van der Waals surface area contributed by atoms with Crippen molar-refractivity contribution in [3.63, 3.8) is 0 Å². The van der Waals surface area contributed by atoms with Crippen molar-refractivity contribution in [3.05, 3.63) is 107 Å². The van der Waals surface area contributed by atoms with E-state index in [4.69, 9.17) is 15.7 Å². The van der Waals surface area contributed by atoms with E-state index in [2.05, 4.69) is 32.9 Å². The average molecular weight is 603 g/mol. The molecule has 45 heavy (non-hydrogen) atoms. The lowest BCUT2D eigenvalue weighted by Gasteiger charge is -2.16. The van der Waals surface area contributed by atoms with Gasteiger partial charge in [0.15, 0.2) is 17.8 Å². The number of benzene rings is 2. The maximum Gasteiger partial charge on any atom is 0.251 e. The maximum absolute atomic E-state index is 13.0. The lowest BCUT2D eigenvalue weighted by atomic mass is 10.1. The molecular weight excluding hydrogens is 575 g/mol. The van der Waals surface area contributed by atoms with Crippen molar-refractivity contribution in [2.75, 3.05) is 5.73 Å². The highest BCUT2D eigenvalue weighted by atomic mass is 19.1. The number of nitrogens with two attached hydrogens (primary N) is 1. The van der Waals surface area contributed by atoms with Gasteiger partial charge in [0.2, 0.25) is 5.95 Å². The molecule has 1 aliphatic carbocycles. The quantitative estimate of drug-likeness (QED) is 0.120. The summed E-state index contributed by atoms with van der Waals surface area (Å²) in [7, 11) is 0. The SMILES string of the molecule is C=C(F)/N=C\C=NCc1ccc2nc(-c3cccnc3N)n(-c3ccc4c(c3)CCC4NC(=O)c3ccc(O)c(C=O)c3)c2n1. The number of hydrogen-bond acceptors (Lipinski definition) is 9. The minimum absolute atomic E-state index is 0.0530. The van der Waals surface area contributed by atoms with Crippen LogP contribution in [0.3, 0.4) is 0 Å². The Bertz CT molecular complexity index is 2030. The number of imidazole rings is 1. The summed E-state index contributed by atoms with van der Waals surface area (Å²) >= 11 is 0. The third kappa shape index (κ3) is 5.93. The molecule has 0 aliphatic heterocycles. The van der Waals surface area contributed by atoms with Crippen LogP contribution in [0.1, 0.15) is 50.0 Å². The van der Waals surface area contributed by atoms with Crippen molar-refractivity contribution in [1.29, 1.82) is 0 Å². The van der Waals surface area contributed by atoms with Crippen LogP contribution in [0, 0.1) is 0 Å². The van der Waals surface area contributed by atoms with E-state index in [0.29, 0.717) is 46.8 Å². The summed E-state index contributed by atoms with van der Waals surface area (Å²) in [6, 6.07) is 17.2. The predicted octanol–water partition coefficient (Wildman–Crippen LogP) is 5.08. The van der Waals surface area contributed by atoms with Gasteiger partial charge < -0.3 is 16.2 Å². The fourth-order valence-electron chi connectivity index (χ4n) is 5.35. The number of phenolic OH excluding ortho intramolecular Hbond substituents is 1. The first-order valence-corrected chi connectivity index (χ1v) is 14.0. The number of carbonyl (C=O) groups excluding carboxylic acids is 2. The Hall–Kier alpha value is -6.04. The van der Waals surface area contributed by atoms with Gasteiger partial charge in [0, 0.05) is 29.9 Å². The van der Waals surface area contributed by atoms with E-state index in [-0.39, 0.29) is 35.4 Å². The lowest BCUT2D eigenvalue weighted by Crippen LogP contribution is -2.27. The van der Waals surface area contributed by atoms with E-state index in [1.165, 1.54) is 30.6 Å². The number of phenols is 1. The molecule has 12 heteroatoms. The van der Waals surface area contributed by atoms with Crippen molar-refractivity contribution < 1.29 is 19.1 Å². The van der Waals surface area contributed by atoms with E-state index >= 15 is 0 Å². The van der Waals surface area contributed by atoms with Gasteiger partial charge in [-0.3, -0.25) is 19.1 Å². The number of aromatic hydroxyl groups is 1. The molecule has 1 unspecified atom stereocenters. The smallest absolute Gasteiger partial charge is 0.251 e. The van der Waals surface area contributed by atoms with Gasteiger partial charge in [-0.15, -0.1) is 0 Å². The molecule has 3 heterocycles. The molecule has 0 fully saturated rings. The standard InChI is InChI=1S/C33H27FN8O3/c1-19(34)37-14-13-36-17-23-6-10-28-32(39-23)42(31(40-28)26-3-2-12-38-30(26)35)24-7-8-25-20(16-24)4-9-27(25)41-33(45)21-5-11-29(44)22(15-21)18-43/h2-3,5-8,10-16,18,27,44H,1,4,9,17H2,(H2,35,38)(H,41,45)/b36-13?,37-14-. The largest absolute Gasteiger partial charge is 0.507 e. The van der Waals surface area contributed by atoms with Crippen LogP contribution in [0.5, 0.6) is 5.75 Å². The zero-order valence-corrected chi connectivity index (χ0v) is 23.9. The number of aliphatic imine (C=N–C) groups is 2. The number of nitrogens with one attached hydrogen (secondary N) is 1. The van der Waals surface area contributed by atoms with Gasteiger partial charge >= 0.3 is 0 Å². The predicted molar refractivity (Wildman–Crippen MR) is 169 cm³/mol. The van der Waals surface area contributed by atoms with Gasteiger partial charge in [-0.1, -0.05) is 6.07 Å². The number of pyridine rings is 2. The summed E-state index contributed by atoms with van der Waals surface area (Å²) in [5, 5.41) is 12.8. The fraction of sp³-hybridized carbons (Fsp3) is 0.121. The summed E-state index contributed by atoms with van der Waals surface area (Å²) in [4.78, 5) is 45.9. The van der Waals surface area contributed by atoms with E-state index in [1.807, 2.05) is 34.9 Å². The minimum Gasteiger partial charge on any atom is -0.507 e. The zero-order valence-electron chi connectivity index (χ0n) is 23.9. The van der Waals surface area contributed by atoms with Crippen molar-refractivity contribution >= 4 is 41.6 Å². The number of anilines is 1. The number of aryl methyl sites for hydroxylation is 1. The van der Waals surface area contributed by atoms with Crippen LogP contribution in [0.4, 0.5) is 10.2 Å². The van der Waals surface area contributed by atoms with Crippen molar-refractivity contribution in [1.82, 2.24) is 24.8 Å². The molecule has 0 spiro atoms. The third-order valence-corrected chi connectivity index (χ3v) is 7.47. The van der Waals surface area contributed by atoms with E-state index in [9.17, 15) is 19.1 Å². The Morgan fingerprint density at radius 2 is 2.02 bits per heavy atom. The number of hydrogen-bond donors (Lipinski definition) is 3. The Balaban J connectivity index is 1.35. The van der Waals surface area contributed by atoms with Crippen LogP contribution in [0.2, 0.25) is 0 Å². The monoisotopic (exact) mass is 602 g/mol. The molecule has 1 amide bonds.